The van der Waals surface area contributed by atoms with Crippen molar-refractivity contribution in [2.24, 2.45) is 51.3 Å². The van der Waals surface area contributed by atoms with Crippen molar-refractivity contribution < 1.29 is 23.1 Å². The van der Waals surface area contributed by atoms with Gasteiger partial charge in [-0.1, -0.05) is 59.2 Å². The molecule has 52 heavy (non-hydrogen) atoms. The summed E-state index contributed by atoms with van der Waals surface area (Å²) in [5, 5.41) is 15.5. The van der Waals surface area contributed by atoms with Gasteiger partial charge in [-0.05, 0) is 129 Å². The average Bonchev–Trinajstić information content (AvgIpc) is 3.45. The third-order valence-electron chi connectivity index (χ3n) is 15.7. The predicted molar refractivity (Wildman–Crippen MR) is 211 cm³/mol. The van der Waals surface area contributed by atoms with Gasteiger partial charge in [-0.3, -0.25) is 4.99 Å². The number of aliphatic hydroxyl groups is 1. The minimum atomic E-state index is -2.90. The molecule has 1 aromatic rings. The average molecular weight is 738 g/mol. The maximum absolute atomic E-state index is 12.1. The molecule has 10 unspecified atom stereocenters. The number of hydrogen-bond acceptors (Lipinski definition) is 8. The fourth-order valence-electron chi connectivity index (χ4n) is 12.8. The van der Waals surface area contributed by atoms with E-state index in [2.05, 4.69) is 69.8 Å². The fraction of sp³-hybridized carbons (Fsp3) is 0.767. The molecule has 6 rings (SSSR count). The first-order valence-electron chi connectivity index (χ1n) is 20.3. The van der Waals surface area contributed by atoms with Crippen LogP contribution in [0.3, 0.4) is 0 Å². The van der Waals surface area contributed by atoms with Crippen LogP contribution in [-0.2, 0) is 14.6 Å². The molecule has 0 aromatic heterocycles. The third kappa shape index (κ3) is 6.99. The lowest BCUT2D eigenvalue weighted by Gasteiger charge is -2.59. The molecule has 9 heteroatoms. The smallest absolute Gasteiger partial charge is 0.337 e. The number of aliphatic hydroxyl groups excluding tert-OH is 1. The number of nitrogens with zero attached hydrogens (tertiary/aromatic N) is 2. The van der Waals surface area contributed by atoms with Crippen LogP contribution in [0.25, 0.3) is 5.57 Å². The highest BCUT2D eigenvalue weighted by atomic mass is 32.2. The van der Waals surface area contributed by atoms with Crippen LogP contribution in [-0.4, -0.2) is 93.1 Å². The van der Waals surface area contributed by atoms with Gasteiger partial charge in [0.05, 0.1) is 35.8 Å². The Kier molecular flexibility index (Phi) is 11.3. The normalized spacial score (nSPS) is 39.1. The Labute approximate surface area is 314 Å². The number of benzene rings is 1. The zero-order valence-electron chi connectivity index (χ0n) is 33.1. The zero-order chi connectivity index (χ0) is 37.7. The van der Waals surface area contributed by atoms with Gasteiger partial charge in [-0.25, -0.2) is 13.2 Å². The number of carbonyl (C=O) groups is 1. The van der Waals surface area contributed by atoms with E-state index in [1.54, 1.807) is 0 Å². The third-order valence-corrected chi connectivity index (χ3v) is 17.3. The Balaban J connectivity index is 1.23. The van der Waals surface area contributed by atoms with Gasteiger partial charge < -0.3 is 20.1 Å². The van der Waals surface area contributed by atoms with Crippen LogP contribution in [0.15, 0.2) is 35.3 Å². The highest BCUT2D eigenvalue weighted by Gasteiger charge is 2.63. The predicted octanol–water partition coefficient (Wildman–Crippen LogP) is 7.07. The summed E-state index contributed by atoms with van der Waals surface area (Å²) >= 11 is 0. The van der Waals surface area contributed by atoms with Crippen molar-refractivity contribution in [2.75, 3.05) is 44.8 Å². The Hall–Kier alpha value is -2.07. The largest absolute Gasteiger partial charge is 0.465 e. The van der Waals surface area contributed by atoms with Crippen LogP contribution in [0.5, 0.6) is 0 Å². The Bertz CT molecular complexity index is 1590. The summed E-state index contributed by atoms with van der Waals surface area (Å²) in [6.45, 7) is 21.4. The first kappa shape index (κ1) is 39.6. The van der Waals surface area contributed by atoms with E-state index in [1.807, 2.05) is 19.1 Å². The van der Waals surface area contributed by atoms with E-state index in [0.717, 1.165) is 51.6 Å². The van der Waals surface area contributed by atoms with Crippen LogP contribution in [0.4, 0.5) is 0 Å². The molecule has 1 saturated heterocycles. The van der Waals surface area contributed by atoms with E-state index in [4.69, 9.17) is 9.73 Å². The topological polar surface area (TPSA) is 108 Å². The molecule has 0 amide bonds. The highest BCUT2D eigenvalue weighted by Crippen LogP contribution is 2.65. The lowest BCUT2D eigenvalue weighted by Crippen LogP contribution is -2.62. The van der Waals surface area contributed by atoms with Gasteiger partial charge in [0.25, 0.3) is 0 Å². The molecule has 4 fully saturated rings. The molecule has 1 aliphatic heterocycles. The molecule has 0 radical (unpaired) electrons. The van der Waals surface area contributed by atoms with Crippen molar-refractivity contribution in [3.63, 3.8) is 0 Å². The van der Waals surface area contributed by atoms with Crippen molar-refractivity contribution in [1.29, 1.82) is 0 Å². The van der Waals surface area contributed by atoms with E-state index in [-0.39, 0.29) is 39.8 Å². The minimum Gasteiger partial charge on any atom is -0.465 e. The number of methoxy groups -OCH3 is 1. The number of carbonyl (C=O) groups excluding carboxylic acids is 1. The van der Waals surface area contributed by atoms with Crippen LogP contribution < -0.4 is 5.32 Å². The molecule has 2 N–H and O–H groups in total. The summed E-state index contributed by atoms with van der Waals surface area (Å²) in [4.78, 5) is 19.3. The summed E-state index contributed by atoms with van der Waals surface area (Å²) < 4.78 is 29.0. The molecule has 4 aliphatic carbocycles. The van der Waals surface area contributed by atoms with E-state index >= 15 is 0 Å². The summed E-state index contributed by atoms with van der Waals surface area (Å²) in [6.07, 6.45) is 11.9. The number of esters is 1. The van der Waals surface area contributed by atoms with Crippen molar-refractivity contribution >= 4 is 28.1 Å². The molecule has 5 aliphatic rings. The Morgan fingerprint density at radius 1 is 1.04 bits per heavy atom. The summed E-state index contributed by atoms with van der Waals surface area (Å²) in [5.41, 5.74) is 2.69. The van der Waals surface area contributed by atoms with Crippen molar-refractivity contribution in [1.82, 2.24) is 10.2 Å². The number of fused-ring (bicyclic) bond motifs is 2. The molecule has 0 spiro atoms. The van der Waals surface area contributed by atoms with Crippen LogP contribution in [0.2, 0.25) is 0 Å². The van der Waals surface area contributed by atoms with Crippen molar-refractivity contribution in [2.45, 2.75) is 117 Å². The van der Waals surface area contributed by atoms with E-state index < -0.39 is 21.5 Å². The molecular weight excluding hydrogens is 671 g/mol. The lowest BCUT2D eigenvalue weighted by molar-refractivity contribution is -0.0601. The van der Waals surface area contributed by atoms with Gasteiger partial charge in [0, 0.05) is 37.6 Å². The number of aliphatic imine (C=N–C) groups is 1. The minimum absolute atomic E-state index is 0.00634. The quantitative estimate of drug-likeness (QED) is 0.185. The number of sulfone groups is 1. The Morgan fingerprint density at radius 3 is 2.37 bits per heavy atom. The molecule has 0 bridgehead atoms. The van der Waals surface area contributed by atoms with Gasteiger partial charge in [-0.2, -0.15) is 0 Å². The molecule has 1 heterocycles. The SMILES string of the molecule is C=NC1(C(C)O)CCC2(NCCN3CCS(=O)(=O)CC3)CCC(C)C(CCC3C(C)CCC4C(C)(C)C(c5ccc(C(=O)OC)cc5)=CCC34C)C21. The van der Waals surface area contributed by atoms with E-state index in [1.165, 1.54) is 37.5 Å². The van der Waals surface area contributed by atoms with Gasteiger partial charge in [0.1, 0.15) is 0 Å². The van der Waals surface area contributed by atoms with E-state index in [0.29, 0.717) is 48.2 Å². The van der Waals surface area contributed by atoms with Crippen LogP contribution in [0.1, 0.15) is 115 Å². The number of allylic oxidation sites excluding steroid dienone is 2. The summed E-state index contributed by atoms with van der Waals surface area (Å²) in [5.74, 6) is 3.16. The van der Waals surface area contributed by atoms with E-state index in [9.17, 15) is 18.3 Å². The summed E-state index contributed by atoms with van der Waals surface area (Å²) in [6, 6.07) is 7.98. The second-order valence-corrected chi connectivity index (χ2v) is 20.8. The summed E-state index contributed by atoms with van der Waals surface area (Å²) in [7, 11) is -1.48. The highest BCUT2D eigenvalue weighted by molar-refractivity contribution is 7.91. The van der Waals surface area contributed by atoms with Crippen molar-refractivity contribution in [3.05, 3.63) is 41.5 Å². The fourth-order valence-corrected chi connectivity index (χ4v) is 14.0. The number of hydrogen-bond donors (Lipinski definition) is 2. The molecule has 290 valence electrons. The van der Waals surface area contributed by atoms with Gasteiger partial charge in [-0.15, -0.1) is 0 Å². The second-order valence-electron chi connectivity index (χ2n) is 18.5. The van der Waals surface area contributed by atoms with Gasteiger partial charge in [0.2, 0.25) is 0 Å². The number of rotatable bonds is 11. The maximum atomic E-state index is 12.1. The molecule has 10 atom stereocenters. The second kappa shape index (κ2) is 14.9. The van der Waals surface area contributed by atoms with Crippen LogP contribution in [0, 0.1) is 46.3 Å². The zero-order valence-corrected chi connectivity index (χ0v) is 33.9. The monoisotopic (exact) mass is 737 g/mol. The molecule has 3 saturated carbocycles. The lowest BCUT2D eigenvalue weighted by atomic mass is 9.45. The van der Waals surface area contributed by atoms with Crippen molar-refractivity contribution in [3.8, 4) is 0 Å². The number of ether oxygens (including phenoxy) is 1. The Morgan fingerprint density at radius 2 is 1.73 bits per heavy atom. The molecule has 1 aromatic carbocycles. The first-order chi connectivity index (χ1) is 24.5. The number of nitrogens with one attached hydrogen (secondary N) is 1. The van der Waals surface area contributed by atoms with Crippen LogP contribution >= 0.6 is 0 Å². The molecule has 8 nitrogen and oxygen atoms in total. The van der Waals surface area contributed by atoms with Gasteiger partial charge >= 0.3 is 5.97 Å². The molecular formula is C43H67N3O5S. The van der Waals surface area contributed by atoms with Gasteiger partial charge in [0.15, 0.2) is 9.84 Å². The first-order valence-corrected chi connectivity index (χ1v) is 22.1. The maximum Gasteiger partial charge on any atom is 0.337 e. The standard InChI is InChI=1S/C43H67N3O5S/c1-29-17-20-42(45-23-24-46-25-27-52(49,50)28-26-46)21-22-43(44-7,31(3)47)38(42)34(29)14-15-35-30(2)9-16-37-40(4,5)36(18-19-41(35,37)6)32-10-12-33(13-11-32)39(48)51-8/h10-13,18,29-31,34-35,37-38,45,47H,7,9,14-17,19-28H2,1-6,8H3.